The van der Waals surface area contributed by atoms with Crippen molar-refractivity contribution in [2.75, 3.05) is 13.2 Å². The standard InChI is InChI=1S/C21H19BrN2O/c22-16-6-8-18-19-9-7-17(13-21(19)24-20(18)12-16)25-11-10-23-14-15-4-2-1-3-5-15/h1-9,12-13,23-24H,10-11,14H2. The minimum Gasteiger partial charge on any atom is -0.492 e. The van der Waals surface area contributed by atoms with E-state index in [1.807, 2.05) is 12.1 Å². The minimum atomic E-state index is 0.643. The molecule has 0 fully saturated rings. The predicted molar refractivity (Wildman–Crippen MR) is 107 cm³/mol. The van der Waals surface area contributed by atoms with Crippen LogP contribution < -0.4 is 10.1 Å². The highest BCUT2D eigenvalue weighted by molar-refractivity contribution is 9.10. The molecule has 0 saturated carbocycles. The van der Waals surface area contributed by atoms with E-state index in [0.717, 1.165) is 34.3 Å². The third-order valence-corrected chi connectivity index (χ3v) is 4.74. The van der Waals surface area contributed by atoms with Crippen LogP contribution in [0.3, 0.4) is 0 Å². The molecule has 2 N–H and O–H groups in total. The van der Waals surface area contributed by atoms with Crippen LogP contribution in [0, 0.1) is 0 Å². The number of H-pyrrole nitrogens is 1. The molecular weight excluding hydrogens is 376 g/mol. The Bertz CT molecular complexity index is 995. The van der Waals surface area contributed by atoms with Gasteiger partial charge in [0.25, 0.3) is 0 Å². The summed E-state index contributed by atoms with van der Waals surface area (Å²) in [5, 5.41) is 5.85. The van der Waals surface area contributed by atoms with E-state index in [2.05, 4.69) is 80.8 Å². The average molecular weight is 395 g/mol. The molecule has 126 valence electrons. The average Bonchev–Trinajstić information content (AvgIpc) is 2.98. The van der Waals surface area contributed by atoms with Crippen LogP contribution in [0.15, 0.2) is 71.2 Å². The van der Waals surface area contributed by atoms with Crippen molar-refractivity contribution in [3.8, 4) is 5.75 Å². The third-order valence-electron chi connectivity index (χ3n) is 4.25. The summed E-state index contributed by atoms with van der Waals surface area (Å²) >= 11 is 3.52. The van der Waals surface area contributed by atoms with Crippen LogP contribution in [0.2, 0.25) is 0 Å². The van der Waals surface area contributed by atoms with Crippen molar-refractivity contribution in [3.05, 3.63) is 76.8 Å². The van der Waals surface area contributed by atoms with Gasteiger partial charge in [0.2, 0.25) is 0 Å². The summed E-state index contributed by atoms with van der Waals surface area (Å²) in [4.78, 5) is 3.46. The van der Waals surface area contributed by atoms with Gasteiger partial charge in [-0.3, -0.25) is 0 Å². The Balaban J connectivity index is 1.38. The number of aromatic nitrogens is 1. The van der Waals surface area contributed by atoms with Gasteiger partial charge in [0, 0.05) is 39.9 Å². The van der Waals surface area contributed by atoms with Crippen molar-refractivity contribution < 1.29 is 4.74 Å². The largest absolute Gasteiger partial charge is 0.492 e. The number of hydrogen-bond acceptors (Lipinski definition) is 2. The lowest BCUT2D eigenvalue weighted by atomic mass is 10.1. The Labute approximate surface area is 155 Å². The third kappa shape index (κ3) is 3.70. The van der Waals surface area contributed by atoms with Crippen molar-refractivity contribution in [1.29, 1.82) is 0 Å². The number of hydrogen-bond donors (Lipinski definition) is 2. The van der Waals surface area contributed by atoms with E-state index in [9.17, 15) is 0 Å². The van der Waals surface area contributed by atoms with Crippen molar-refractivity contribution in [3.63, 3.8) is 0 Å². The van der Waals surface area contributed by atoms with Crippen molar-refractivity contribution in [2.24, 2.45) is 0 Å². The maximum atomic E-state index is 5.88. The number of nitrogens with one attached hydrogen (secondary N) is 2. The minimum absolute atomic E-state index is 0.643. The van der Waals surface area contributed by atoms with Crippen LogP contribution in [0.4, 0.5) is 0 Å². The fraction of sp³-hybridized carbons (Fsp3) is 0.143. The molecule has 4 aromatic rings. The fourth-order valence-electron chi connectivity index (χ4n) is 3.02. The molecule has 0 aliphatic carbocycles. The number of ether oxygens (including phenoxy) is 1. The molecule has 25 heavy (non-hydrogen) atoms. The predicted octanol–water partition coefficient (Wildman–Crippen LogP) is 5.25. The van der Waals surface area contributed by atoms with Crippen LogP contribution in [-0.2, 0) is 6.54 Å². The van der Waals surface area contributed by atoms with E-state index in [-0.39, 0.29) is 0 Å². The Morgan fingerprint density at radius 1 is 0.880 bits per heavy atom. The van der Waals surface area contributed by atoms with Crippen molar-refractivity contribution >= 4 is 37.7 Å². The van der Waals surface area contributed by atoms with Crippen LogP contribution in [0.1, 0.15) is 5.56 Å². The highest BCUT2D eigenvalue weighted by Gasteiger charge is 2.06. The van der Waals surface area contributed by atoms with Gasteiger partial charge in [-0.1, -0.05) is 52.3 Å². The van der Waals surface area contributed by atoms with Crippen LogP contribution in [0.5, 0.6) is 5.75 Å². The summed E-state index contributed by atoms with van der Waals surface area (Å²) in [5.41, 5.74) is 3.52. The van der Waals surface area contributed by atoms with Gasteiger partial charge in [-0.05, 0) is 29.8 Å². The zero-order valence-electron chi connectivity index (χ0n) is 13.8. The quantitative estimate of drug-likeness (QED) is 0.438. The lowest BCUT2D eigenvalue weighted by molar-refractivity contribution is 0.314. The second kappa shape index (κ2) is 7.30. The molecule has 0 aliphatic rings. The lowest BCUT2D eigenvalue weighted by Crippen LogP contribution is -2.20. The molecule has 0 unspecified atom stereocenters. The van der Waals surface area contributed by atoms with Crippen LogP contribution in [-0.4, -0.2) is 18.1 Å². The monoisotopic (exact) mass is 394 g/mol. The fourth-order valence-corrected chi connectivity index (χ4v) is 3.38. The molecule has 0 saturated heterocycles. The molecule has 0 radical (unpaired) electrons. The molecule has 3 aromatic carbocycles. The van der Waals surface area contributed by atoms with Gasteiger partial charge in [0.1, 0.15) is 12.4 Å². The topological polar surface area (TPSA) is 37.0 Å². The zero-order chi connectivity index (χ0) is 17.1. The van der Waals surface area contributed by atoms with Crippen molar-refractivity contribution in [1.82, 2.24) is 10.3 Å². The molecule has 1 aromatic heterocycles. The van der Waals surface area contributed by atoms with Crippen LogP contribution in [0.25, 0.3) is 21.8 Å². The SMILES string of the molecule is Brc1ccc2c(c1)[nH]c1cc(OCCNCc3ccccc3)ccc12. The van der Waals surface area contributed by atoms with E-state index < -0.39 is 0 Å². The Kier molecular flexibility index (Phi) is 4.72. The summed E-state index contributed by atoms with van der Waals surface area (Å²) in [6, 6.07) is 22.9. The molecule has 1 heterocycles. The normalized spacial score (nSPS) is 11.2. The number of rotatable bonds is 6. The van der Waals surface area contributed by atoms with E-state index in [1.165, 1.54) is 16.3 Å². The maximum Gasteiger partial charge on any atom is 0.121 e. The molecule has 3 nitrogen and oxygen atoms in total. The second-order valence-electron chi connectivity index (χ2n) is 6.03. The Hall–Kier alpha value is -2.30. The summed E-state index contributed by atoms with van der Waals surface area (Å²) in [5.74, 6) is 0.889. The lowest BCUT2D eigenvalue weighted by Gasteiger charge is -2.08. The zero-order valence-corrected chi connectivity index (χ0v) is 15.3. The first-order valence-corrected chi connectivity index (χ1v) is 9.17. The summed E-state index contributed by atoms with van der Waals surface area (Å²) in [7, 11) is 0. The first-order chi connectivity index (χ1) is 12.3. The van der Waals surface area contributed by atoms with E-state index >= 15 is 0 Å². The van der Waals surface area contributed by atoms with Crippen LogP contribution >= 0.6 is 15.9 Å². The molecule has 4 heteroatoms. The molecule has 0 spiro atoms. The van der Waals surface area contributed by atoms with Gasteiger partial charge in [-0.25, -0.2) is 0 Å². The first kappa shape index (κ1) is 16.2. The molecule has 0 atom stereocenters. The molecular formula is C21H19BrN2O. The van der Waals surface area contributed by atoms with Gasteiger partial charge >= 0.3 is 0 Å². The van der Waals surface area contributed by atoms with E-state index in [0.29, 0.717) is 6.61 Å². The smallest absolute Gasteiger partial charge is 0.121 e. The highest BCUT2D eigenvalue weighted by Crippen LogP contribution is 2.29. The van der Waals surface area contributed by atoms with E-state index in [4.69, 9.17) is 4.74 Å². The van der Waals surface area contributed by atoms with Crippen molar-refractivity contribution in [2.45, 2.75) is 6.54 Å². The highest BCUT2D eigenvalue weighted by atomic mass is 79.9. The molecule has 0 bridgehead atoms. The summed E-state index contributed by atoms with van der Waals surface area (Å²) in [6.07, 6.45) is 0. The number of fused-ring (bicyclic) bond motifs is 3. The molecule has 0 amide bonds. The molecule has 0 aliphatic heterocycles. The summed E-state index contributed by atoms with van der Waals surface area (Å²) in [6.45, 7) is 2.32. The van der Waals surface area contributed by atoms with E-state index in [1.54, 1.807) is 0 Å². The number of aromatic amines is 1. The second-order valence-corrected chi connectivity index (χ2v) is 6.95. The van der Waals surface area contributed by atoms with Gasteiger partial charge in [-0.2, -0.15) is 0 Å². The van der Waals surface area contributed by atoms with Gasteiger partial charge in [0.15, 0.2) is 0 Å². The summed E-state index contributed by atoms with van der Waals surface area (Å²) < 4.78 is 6.96. The number of benzene rings is 3. The van der Waals surface area contributed by atoms with Gasteiger partial charge in [0.05, 0.1) is 5.52 Å². The first-order valence-electron chi connectivity index (χ1n) is 8.38. The van der Waals surface area contributed by atoms with Gasteiger partial charge < -0.3 is 15.0 Å². The Morgan fingerprint density at radius 3 is 2.48 bits per heavy atom. The maximum absolute atomic E-state index is 5.88. The van der Waals surface area contributed by atoms with Gasteiger partial charge in [-0.15, -0.1) is 0 Å². The molecule has 4 rings (SSSR count). The Morgan fingerprint density at radius 2 is 1.64 bits per heavy atom. The number of halogens is 1.